The Balaban J connectivity index is 1.82. The molecule has 0 saturated carbocycles. The Hall–Kier alpha value is -2.54. The topological polar surface area (TPSA) is 76.7 Å². The second-order valence-electron chi connectivity index (χ2n) is 4.45. The number of nitrogens with one attached hydrogen (secondary N) is 2. The van der Waals surface area contributed by atoms with Crippen LogP contribution in [0.4, 0.5) is 0 Å². The molecule has 0 aliphatic heterocycles. The summed E-state index contributed by atoms with van der Waals surface area (Å²) in [6.07, 6.45) is 0. The van der Waals surface area contributed by atoms with Crippen molar-refractivity contribution in [1.82, 2.24) is 10.9 Å². The third kappa shape index (κ3) is 5.00. The third-order valence-electron chi connectivity index (χ3n) is 2.85. The molecule has 6 nitrogen and oxygen atoms in total. The second kappa shape index (κ2) is 8.19. The van der Waals surface area contributed by atoms with Gasteiger partial charge in [0.15, 0.2) is 6.61 Å². The highest BCUT2D eigenvalue weighted by Gasteiger charge is 2.12. The Kier molecular flexibility index (Phi) is 5.99. The highest BCUT2D eigenvalue weighted by Crippen LogP contribution is 2.17. The molecule has 2 aromatic carbocycles. The summed E-state index contributed by atoms with van der Waals surface area (Å²) in [7, 11) is 1.47. The van der Waals surface area contributed by atoms with Gasteiger partial charge in [0.1, 0.15) is 11.5 Å². The van der Waals surface area contributed by atoms with Crippen molar-refractivity contribution in [2.24, 2.45) is 0 Å². The predicted octanol–water partition coefficient (Wildman–Crippen LogP) is 2.30. The first-order valence-corrected chi connectivity index (χ1v) is 7.50. The van der Waals surface area contributed by atoms with E-state index < -0.39 is 11.8 Å². The van der Waals surface area contributed by atoms with Gasteiger partial charge in [-0.2, -0.15) is 0 Å². The summed E-state index contributed by atoms with van der Waals surface area (Å²) >= 11 is 3.31. The predicted molar refractivity (Wildman–Crippen MR) is 88.2 cm³/mol. The molecule has 2 rings (SSSR count). The van der Waals surface area contributed by atoms with Gasteiger partial charge in [0.2, 0.25) is 0 Å². The van der Waals surface area contributed by atoms with Crippen molar-refractivity contribution in [3.63, 3.8) is 0 Å². The van der Waals surface area contributed by atoms with Crippen molar-refractivity contribution in [2.75, 3.05) is 13.7 Å². The van der Waals surface area contributed by atoms with Crippen LogP contribution in [-0.2, 0) is 4.79 Å². The molecule has 7 heteroatoms. The number of amides is 2. The van der Waals surface area contributed by atoms with Crippen LogP contribution in [-0.4, -0.2) is 25.5 Å². The highest BCUT2D eigenvalue weighted by molar-refractivity contribution is 9.10. The maximum Gasteiger partial charge on any atom is 0.276 e. The van der Waals surface area contributed by atoms with Crippen LogP contribution >= 0.6 is 15.9 Å². The molecule has 0 aromatic heterocycles. The summed E-state index contributed by atoms with van der Waals surface area (Å²) in [6, 6.07) is 13.8. The Labute approximate surface area is 141 Å². The van der Waals surface area contributed by atoms with E-state index in [0.717, 1.165) is 4.47 Å². The highest BCUT2D eigenvalue weighted by atomic mass is 79.9. The molecule has 0 fully saturated rings. The zero-order valence-corrected chi connectivity index (χ0v) is 13.9. The van der Waals surface area contributed by atoms with Crippen LogP contribution in [0.3, 0.4) is 0 Å². The molecular weight excluding hydrogens is 364 g/mol. The first-order chi connectivity index (χ1) is 11.1. The molecule has 0 unspecified atom stereocenters. The average Bonchev–Trinajstić information content (AvgIpc) is 2.59. The lowest BCUT2D eigenvalue weighted by Gasteiger charge is -2.10. The van der Waals surface area contributed by atoms with Gasteiger partial charge in [-0.15, -0.1) is 0 Å². The number of hydrogen-bond acceptors (Lipinski definition) is 4. The van der Waals surface area contributed by atoms with Crippen molar-refractivity contribution < 1.29 is 19.1 Å². The number of carbonyl (C=O) groups is 2. The Morgan fingerprint density at radius 2 is 1.74 bits per heavy atom. The molecule has 2 amide bonds. The minimum absolute atomic E-state index is 0.214. The van der Waals surface area contributed by atoms with Gasteiger partial charge in [-0.1, -0.05) is 28.1 Å². The summed E-state index contributed by atoms with van der Waals surface area (Å²) in [5.41, 5.74) is 4.92. The smallest absolute Gasteiger partial charge is 0.276 e. The molecule has 0 bridgehead atoms. The van der Waals surface area contributed by atoms with Crippen LogP contribution in [0.25, 0.3) is 0 Å². The molecule has 0 heterocycles. The molecule has 23 heavy (non-hydrogen) atoms. The fourth-order valence-electron chi connectivity index (χ4n) is 1.74. The van der Waals surface area contributed by atoms with Crippen LogP contribution in [0.1, 0.15) is 10.4 Å². The fraction of sp³-hybridized carbons (Fsp3) is 0.125. The Bertz CT molecular complexity index is 689. The van der Waals surface area contributed by atoms with E-state index in [1.807, 2.05) is 0 Å². The summed E-state index contributed by atoms with van der Waals surface area (Å²) in [6.45, 7) is -0.214. The van der Waals surface area contributed by atoms with Crippen LogP contribution in [0.5, 0.6) is 11.5 Å². The quantitative estimate of drug-likeness (QED) is 0.782. The van der Waals surface area contributed by atoms with E-state index >= 15 is 0 Å². The molecule has 2 N–H and O–H groups in total. The standard InChI is InChI=1S/C16H15BrN2O4/c1-22-14-5-3-2-4-13(14)16(21)19-18-15(20)10-23-12-8-6-11(17)7-9-12/h2-9H,10H2,1H3,(H,18,20)(H,19,21). The van der Waals surface area contributed by atoms with Gasteiger partial charge in [-0.3, -0.25) is 20.4 Å². The number of para-hydroxylation sites is 1. The van der Waals surface area contributed by atoms with Gasteiger partial charge in [0.25, 0.3) is 11.8 Å². The average molecular weight is 379 g/mol. The number of rotatable bonds is 5. The minimum Gasteiger partial charge on any atom is -0.496 e. The molecule has 0 aliphatic carbocycles. The molecule has 120 valence electrons. The molecule has 0 radical (unpaired) electrons. The SMILES string of the molecule is COc1ccccc1C(=O)NNC(=O)COc1ccc(Br)cc1. The molecule has 2 aromatic rings. The van der Waals surface area contributed by atoms with E-state index in [-0.39, 0.29) is 6.61 Å². The second-order valence-corrected chi connectivity index (χ2v) is 5.36. The number of benzene rings is 2. The maximum absolute atomic E-state index is 12.0. The lowest BCUT2D eigenvalue weighted by Crippen LogP contribution is -2.43. The van der Waals surface area contributed by atoms with Gasteiger partial charge in [-0.25, -0.2) is 0 Å². The first kappa shape index (κ1) is 16.8. The number of ether oxygens (including phenoxy) is 2. The van der Waals surface area contributed by atoms with E-state index in [9.17, 15) is 9.59 Å². The Morgan fingerprint density at radius 1 is 1.04 bits per heavy atom. The van der Waals surface area contributed by atoms with Crippen molar-refractivity contribution in [2.45, 2.75) is 0 Å². The van der Waals surface area contributed by atoms with Crippen molar-refractivity contribution in [1.29, 1.82) is 0 Å². The number of hydrazine groups is 1. The van der Waals surface area contributed by atoms with E-state index in [0.29, 0.717) is 17.1 Å². The molecular formula is C16H15BrN2O4. The summed E-state index contributed by atoms with van der Waals surface area (Å²) in [4.78, 5) is 23.7. The van der Waals surface area contributed by atoms with Crippen LogP contribution in [0.2, 0.25) is 0 Å². The van der Waals surface area contributed by atoms with Gasteiger partial charge in [-0.05, 0) is 36.4 Å². The minimum atomic E-state index is -0.476. The zero-order chi connectivity index (χ0) is 16.7. The van der Waals surface area contributed by atoms with Crippen LogP contribution < -0.4 is 20.3 Å². The zero-order valence-electron chi connectivity index (χ0n) is 12.3. The van der Waals surface area contributed by atoms with Crippen LogP contribution in [0, 0.1) is 0 Å². The number of hydrogen-bond donors (Lipinski definition) is 2. The Morgan fingerprint density at radius 3 is 2.43 bits per heavy atom. The lowest BCUT2D eigenvalue weighted by molar-refractivity contribution is -0.123. The molecule has 0 spiro atoms. The molecule has 0 atom stereocenters. The third-order valence-corrected chi connectivity index (χ3v) is 3.38. The van der Waals surface area contributed by atoms with E-state index in [1.165, 1.54) is 7.11 Å². The van der Waals surface area contributed by atoms with E-state index in [1.54, 1.807) is 48.5 Å². The van der Waals surface area contributed by atoms with Crippen molar-refractivity contribution >= 4 is 27.7 Å². The summed E-state index contributed by atoms with van der Waals surface area (Å²) in [5.74, 6) is 0.0281. The molecule has 0 aliphatic rings. The largest absolute Gasteiger partial charge is 0.496 e. The normalized spacial score (nSPS) is 9.83. The molecule has 0 saturated heterocycles. The summed E-state index contributed by atoms with van der Waals surface area (Å²) in [5, 5.41) is 0. The number of halogens is 1. The fourth-order valence-corrected chi connectivity index (χ4v) is 2.01. The van der Waals surface area contributed by atoms with Crippen molar-refractivity contribution in [3.8, 4) is 11.5 Å². The monoisotopic (exact) mass is 378 g/mol. The first-order valence-electron chi connectivity index (χ1n) is 6.70. The van der Waals surface area contributed by atoms with Gasteiger partial charge < -0.3 is 9.47 Å². The number of carbonyl (C=O) groups excluding carboxylic acids is 2. The maximum atomic E-state index is 12.0. The van der Waals surface area contributed by atoms with Gasteiger partial charge >= 0.3 is 0 Å². The number of methoxy groups -OCH3 is 1. The lowest BCUT2D eigenvalue weighted by atomic mass is 10.2. The van der Waals surface area contributed by atoms with Gasteiger partial charge in [0.05, 0.1) is 12.7 Å². The van der Waals surface area contributed by atoms with Gasteiger partial charge in [0, 0.05) is 4.47 Å². The van der Waals surface area contributed by atoms with Crippen molar-refractivity contribution in [3.05, 3.63) is 58.6 Å². The van der Waals surface area contributed by atoms with E-state index in [2.05, 4.69) is 26.8 Å². The summed E-state index contributed by atoms with van der Waals surface area (Å²) < 4.78 is 11.3. The van der Waals surface area contributed by atoms with Crippen LogP contribution in [0.15, 0.2) is 53.0 Å². The van der Waals surface area contributed by atoms with E-state index in [4.69, 9.17) is 9.47 Å².